The lowest BCUT2D eigenvalue weighted by Crippen LogP contribution is -2.29. The van der Waals surface area contributed by atoms with Gasteiger partial charge in [-0.05, 0) is 12.1 Å². The molecular formula is C15H22N6O3. The molecule has 0 aliphatic rings. The largest absolute Gasteiger partial charge is 0.493 e. The minimum absolute atomic E-state index is 0.427. The predicted molar refractivity (Wildman–Crippen MR) is 92.3 cm³/mol. The quantitative estimate of drug-likeness (QED) is 0.585. The van der Waals surface area contributed by atoms with E-state index in [4.69, 9.17) is 25.9 Å². The predicted octanol–water partition coefficient (Wildman–Crippen LogP) is 0.789. The summed E-state index contributed by atoms with van der Waals surface area (Å²) in [5.41, 5.74) is 0.677. The molecule has 9 heteroatoms. The first-order chi connectivity index (χ1) is 11.4. The number of rotatable bonds is 6. The van der Waals surface area contributed by atoms with Gasteiger partial charge in [-0.2, -0.15) is 0 Å². The Morgan fingerprint density at radius 3 is 1.58 bits per heavy atom. The summed E-state index contributed by atoms with van der Waals surface area (Å²) >= 11 is 0. The second kappa shape index (κ2) is 7.20. The topological polar surface area (TPSA) is 112 Å². The van der Waals surface area contributed by atoms with Crippen molar-refractivity contribution in [1.29, 1.82) is 0 Å². The molecule has 0 saturated carbocycles. The zero-order chi connectivity index (χ0) is 17.9. The monoisotopic (exact) mass is 334 g/mol. The maximum atomic E-state index is 5.80. The van der Waals surface area contributed by atoms with Crippen molar-refractivity contribution < 1.29 is 14.2 Å². The van der Waals surface area contributed by atoms with Crippen molar-refractivity contribution in [3.63, 3.8) is 0 Å². The van der Waals surface area contributed by atoms with Gasteiger partial charge in [-0.1, -0.05) is 0 Å². The number of nitrogens with zero attached hydrogens (tertiary/aromatic N) is 4. The summed E-state index contributed by atoms with van der Waals surface area (Å²) in [4.78, 5) is 8.90. The maximum Gasteiger partial charge on any atom is 0.203 e. The van der Waals surface area contributed by atoms with Gasteiger partial charge in [0.1, 0.15) is 11.6 Å². The van der Waals surface area contributed by atoms with E-state index in [1.165, 1.54) is 10.0 Å². The first-order valence-electron chi connectivity index (χ1n) is 7.07. The van der Waals surface area contributed by atoms with Crippen LogP contribution in [0.5, 0.6) is 17.2 Å². The highest BCUT2D eigenvalue weighted by molar-refractivity contribution is 5.69. The number of hydrogen-bond donors (Lipinski definition) is 2. The van der Waals surface area contributed by atoms with Crippen LogP contribution in [0.2, 0.25) is 0 Å². The van der Waals surface area contributed by atoms with Crippen molar-refractivity contribution in [3.8, 4) is 28.6 Å². The molecule has 0 fully saturated rings. The van der Waals surface area contributed by atoms with Crippen LogP contribution in [0.1, 0.15) is 0 Å². The third kappa shape index (κ3) is 3.42. The first kappa shape index (κ1) is 17.6. The van der Waals surface area contributed by atoms with Crippen LogP contribution in [0, 0.1) is 0 Å². The number of ether oxygens (including phenoxy) is 3. The van der Waals surface area contributed by atoms with E-state index in [1.54, 1.807) is 53.6 Å². The van der Waals surface area contributed by atoms with E-state index in [1.807, 2.05) is 0 Å². The highest BCUT2D eigenvalue weighted by Gasteiger charge is 2.17. The molecule has 0 atom stereocenters. The van der Waals surface area contributed by atoms with Crippen LogP contribution in [0.15, 0.2) is 18.2 Å². The number of benzene rings is 1. The lowest BCUT2D eigenvalue weighted by atomic mass is 10.1. The Morgan fingerprint density at radius 1 is 0.792 bits per heavy atom. The Hall–Kier alpha value is -2.78. The number of hydrazine groups is 2. The second-order valence-electron chi connectivity index (χ2n) is 5.04. The second-order valence-corrected chi connectivity index (χ2v) is 5.04. The van der Waals surface area contributed by atoms with E-state index in [9.17, 15) is 0 Å². The zero-order valence-corrected chi connectivity index (χ0v) is 14.4. The van der Waals surface area contributed by atoms with Gasteiger partial charge in [0, 0.05) is 25.7 Å². The van der Waals surface area contributed by atoms with Crippen LogP contribution in [0.3, 0.4) is 0 Å². The van der Waals surface area contributed by atoms with Crippen LogP contribution in [0.4, 0.5) is 11.6 Å². The fourth-order valence-corrected chi connectivity index (χ4v) is 2.12. The van der Waals surface area contributed by atoms with E-state index < -0.39 is 0 Å². The molecular weight excluding hydrogens is 312 g/mol. The van der Waals surface area contributed by atoms with Crippen molar-refractivity contribution in [2.45, 2.75) is 0 Å². The number of hydrogen-bond acceptors (Lipinski definition) is 9. The van der Waals surface area contributed by atoms with Crippen LogP contribution in [-0.4, -0.2) is 45.4 Å². The van der Waals surface area contributed by atoms with E-state index in [0.29, 0.717) is 40.3 Å². The summed E-state index contributed by atoms with van der Waals surface area (Å²) in [7, 11) is 8.00. The van der Waals surface area contributed by atoms with Gasteiger partial charge in [-0.15, -0.1) is 0 Å². The van der Waals surface area contributed by atoms with Crippen molar-refractivity contribution in [1.82, 2.24) is 9.97 Å². The van der Waals surface area contributed by atoms with E-state index in [2.05, 4.69) is 9.97 Å². The molecule has 2 aromatic rings. The molecule has 0 radical (unpaired) electrons. The molecule has 24 heavy (non-hydrogen) atoms. The average molecular weight is 334 g/mol. The Morgan fingerprint density at radius 2 is 1.25 bits per heavy atom. The lowest BCUT2D eigenvalue weighted by molar-refractivity contribution is 0.324. The Bertz CT molecular complexity index is 669. The smallest absolute Gasteiger partial charge is 0.203 e. The standard InChI is InChI=1S/C15H22N6O3/c1-20(16)12-8-13(21(2)17)19-15(18-12)9-6-10(22-3)14(24-5)11(7-9)23-4/h6-8H,16-17H2,1-5H3. The molecule has 1 aromatic heterocycles. The average Bonchev–Trinajstić information content (AvgIpc) is 2.59. The van der Waals surface area contributed by atoms with Gasteiger partial charge in [-0.25, -0.2) is 21.7 Å². The molecule has 0 aliphatic carbocycles. The Labute approximate surface area is 140 Å². The van der Waals surface area contributed by atoms with Crippen molar-refractivity contribution in [2.24, 2.45) is 11.7 Å². The highest BCUT2D eigenvalue weighted by Crippen LogP contribution is 2.40. The molecule has 130 valence electrons. The van der Waals surface area contributed by atoms with Crippen LogP contribution in [-0.2, 0) is 0 Å². The van der Waals surface area contributed by atoms with E-state index in [-0.39, 0.29) is 0 Å². The minimum atomic E-state index is 0.427. The molecule has 0 aliphatic heterocycles. The Kier molecular flexibility index (Phi) is 5.27. The third-order valence-corrected chi connectivity index (χ3v) is 3.34. The van der Waals surface area contributed by atoms with Crippen molar-refractivity contribution >= 4 is 11.6 Å². The molecule has 0 spiro atoms. The van der Waals surface area contributed by atoms with Gasteiger partial charge in [0.25, 0.3) is 0 Å². The summed E-state index contributed by atoms with van der Waals surface area (Å²) in [6.07, 6.45) is 0. The summed E-state index contributed by atoms with van der Waals surface area (Å²) in [6, 6.07) is 5.20. The first-order valence-corrected chi connectivity index (χ1v) is 7.07. The van der Waals surface area contributed by atoms with Gasteiger partial charge in [0.05, 0.1) is 21.3 Å². The fraction of sp³-hybridized carbons (Fsp3) is 0.333. The van der Waals surface area contributed by atoms with Gasteiger partial charge in [-0.3, -0.25) is 10.0 Å². The van der Waals surface area contributed by atoms with Gasteiger partial charge in [0.15, 0.2) is 17.3 Å². The number of aromatic nitrogens is 2. The Balaban J connectivity index is 2.66. The fourth-order valence-electron chi connectivity index (χ4n) is 2.12. The van der Waals surface area contributed by atoms with E-state index in [0.717, 1.165) is 0 Å². The number of methoxy groups -OCH3 is 3. The molecule has 1 aromatic carbocycles. The highest BCUT2D eigenvalue weighted by atomic mass is 16.5. The molecule has 0 bridgehead atoms. The number of nitrogens with two attached hydrogens (primary N) is 2. The van der Waals surface area contributed by atoms with Gasteiger partial charge in [0.2, 0.25) is 5.75 Å². The zero-order valence-electron chi connectivity index (χ0n) is 14.4. The van der Waals surface area contributed by atoms with Crippen molar-refractivity contribution in [3.05, 3.63) is 18.2 Å². The van der Waals surface area contributed by atoms with Gasteiger partial charge < -0.3 is 14.2 Å². The normalized spacial score (nSPS) is 10.3. The summed E-state index contributed by atoms with van der Waals surface area (Å²) in [5.74, 6) is 14.6. The SMILES string of the molecule is COc1cc(-c2nc(N(C)N)cc(N(C)N)n2)cc(OC)c1OC. The van der Waals surface area contributed by atoms with E-state index >= 15 is 0 Å². The van der Waals surface area contributed by atoms with Gasteiger partial charge >= 0.3 is 0 Å². The summed E-state index contributed by atoms with van der Waals surface area (Å²) < 4.78 is 16.1. The minimum Gasteiger partial charge on any atom is -0.493 e. The van der Waals surface area contributed by atoms with Crippen LogP contribution in [0.25, 0.3) is 11.4 Å². The third-order valence-electron chi connectivity index (χ3n) is 3.34. The molecule has 1 heterocycles. The van der Waals surface area contributed by atoms with Crippen LogP contribution >= 0.6 is 0 Å². The molecule has 0 amide bonds. The molecule has 0 saturated heterocycles. The van der Waals surface area contributed by atoms with Crippen LogP contribution < -0.4 is 35.9 Å². The summed E-state index contributed by atoms with van der Waals surface area (Å²) in [6.45, 7) is 0. The lowest BCUT2D eigenvalue weighted by Gasteiger charge is -2.18. The molecule has 4 N–H and O–H groups in total. The molecule has 9 nitrogen and oxygen atoms in total. The molecule has 2 rings (SSSR count). The van der Waals surface area contributed by atoms with Crippen molar-refractivity contribution in [2.75, 3.05) is 45.4 Å². The number of anilines is 2. The maximum absolute atomic E-state index is 5.80. The summed E-state index contributed by atoms with van der Waals surface area (Å²) in [5, 5.41) is 2.77. The molecule has 0 unspecified atom stereocenters.